The molecule has 0 unspecified atom stereocenters. The molecule has 1 fully saturated rings. The van der Waals surface area contributed by atoms with Gasteiger partial charge in [-0.05, 0) is 61.9 Å². The van der Waals surface area contributed by atoms with Gasteiger partial charge in [-0.15, -0.1) is 0 Å². The zero-order chi connectivity index (χ0) is 37.7. The quantitative estimate of drug-likeness (QED) is 0.0811. The molecule has 19 heteroatoms. The summed E-state index contributed by atoms with van der Waals surface area (Å²) in [6.07, 6.45) is -4.59. The van der Waals surface area contributed by atoms with Gasteiger partial charge in [-0.1, -0.05) is 23.2 Å². The SMILES string of the molecule is CS(=O)(=O)c1ccc(C(=O)C2C(=O)CCCC2=O)c([N+](=O)[O-])c1.C[C@H](OC(=O)c1cc(Oc2ccc(C(F)(F)F)cc2Cl)ccc1Cl)C(=O)O. The number of hydrogen-bond acceptors (Lipinski definition) is 11. The molecule has 50 heavy (non-hydrogen) atoms. The maximum Gasteiger partial charge on any atom is 0.416 e. The van der Waals surface area contributed by atoms with Gasteiger partial charge in [-0.3, -0.25) is 24.5 Å². The number of rotatable bonds is 9. The maximum atomic E-state index is 12.7. The van der Waals surface area contributed by atoms with Crippen LogP contribution in [0.1, 0.15) is 52.5 Å². The Labute approximate surface area is 291 Å². The highest BCUT2D eigenvalue weighted by atomic mass is 35.5. The number of nitro benzene ring substituents is 1. The number of alkyl halides is 3. The van der Waals surface area contributed by atoms with Crippen LogP contribution >= 0.6 is 23.2 Å². The van der Waals surface area contributed by atoms with Crippen LogP contribution in [-0.2, 0) is 35.1 Å². The van der Waals surface area contributed by atoms with E-state index in [1.165, 1.54) is 12.1 Å². The van der Waals surface area contributed by atoms with Crippen molar-refractivity contribution in [3.8, 4) is 11.5 Å². The summed E-state index contributed by atoms with van der Waals surface area (Å²) in [5.74, 6) is -6.00. The number of carboxylic acids is 1. The van der Waals surface area contributed by atoms with Crippen molar-refractivity contribution in [1.29, 1.82) is 0 Å². The molecule has 0 radical (unpaired) electrons. The first-order valence-corrected chi connectivity index (χ1v) is 16.6. The number of sulfone groups is 1. The lowest BCUT2D eigenvalue weighted by Gasteiger charge is -2.18. The van der Waals surface area contributed by atoms with Gasteiger partial charge in [0.25, 0.3) is 5.69 Å². The molecule has 0 amide bonds. The highest BCUT2D eigenvalue weighted by Gasteiger charge is 2.39. The summed E-state index contributed by atoms with van der Waals surface area (Å²) in [6, 6.07) is 9.12. The number of halogens is 5. The van der Waals surface area contributed by atoms with Crippen molar-refractivity contribution in [1.82, 2.24) is 0 Å². The van der Waals surface area contributed by atoms with Crippen LogP contribution in [0.25, 0.3) is 0 Å². The first-order valence-electron chi connectivity index (χ1n) is 14.0. The van der Waals surface area contributed by atoms with E-state index in [0.29, 0.717) is 12.5 Å². The number of aliphatic carboxylic acids is 1. The molecule has 1 aliphatic rings. The van der Waals surface area contributed by atoms with Crippen molar-refractivity contribution in [2.45, 2.75) is 43.4 Å². The molecule has 4 rings (SSSR count). The van der Waals surface area contributed by atoms with Crippen LogP contribution in [-0.4, -0.2) is 60.1 Å². The summed E-state index contributed by atoms with van der Waals surface area (Å²) < 4.78 is 71.1. The number of hydrogen-bond donors (Lipinski definition) is 1. The van der Waals surface area contributed by atoms with Gasteiger partial charge in [0.1, 0.15) is 17.4 Å². The molecule has 13 nitrogen and oxygen atoms in total. The molecule has 0 saturated heterocycles. The largest absolute Gasteiger partial charge is 0.479 e. The van der Waals surface area contributed by atoms with Gasteiger partial charge in [-0.25, -0.2) is 18.0 Å². The monoisotopic (exact) mass is 761 g/mol. The van der Waals surface area contributed by atoms with E-state index in [0.717, 1.165) is 49.6 Å². The van der Waals surface area contributed by atoms with Crippen molar-refractivity contribution in [2.75, 3.05) is 6.26 Å². The Bertz CT molecular complexity index is 1980. The fourth-order valence-electron chi connectivity index (χ4n) is 4.34. The smallest absolute Gasteiger partial charge is 0.416 e. The highest BCUT2D eigenvalue weighted by Crippen LogP contribution is 2.37. The van der Waals surface area contributed by atoms with Gasteiger partial charge in [0.05, 0.1) is 36.6 Å². The van der Waals surface area contributed by atoms with Crippen molar-refractivity contribution in [3.05, 3.63) is 91.4 Å². The summed E-state index contributed by atoms with van der Waals surface area (Å²) in [6.45, 7) is 1.16. The lowest BCUT2D eigenvalue weighted by atomic mass is 9.81. The van der Waals surface area contributed by atoms with Crippen molar-refractivity contribution < 1.29 is 65.1 Å². The predicted molar refractivity (Wildman–Crippen MR) is 168 cm³/mol. The summed E-state index contributed by atoms with van der Waals surface area (Å²) >= 11 is 11.7. The fraction of sp³-hybridized carbons (Fsp3) is 0.258. The average Bonchev–Trinajstić information content (AvgIpc) is 3.01. The van der Waals surface area contributed by atoms with Crippen LogP contribution < -0.4 is 4.74 Å². The molecule has 3 aromatic rings. The molecular weight excluding hydrogens is 738 g/mol. The molecule has 1 saturated carbocycles. The number of benzene rings is 3. The van der Waals surface area contributed by atoms with Gasteiger partial charge in [0.2, 0.25) is 0 Å². The van der Waals surface area contributed by atoms with E-state index in [1.807, 2.05) is 0 Å². The van der Waals surface area contributed by atoms with E-state index in [-0.39, 0.29) is 44.8 Å². The van der Waals surface area contributed by atoms with Crippen LogP contribution in [0.4, 0.5) is 18.9 Å². The molecule has 266 valence electrons. The Hall–Kier alpha value is -4.87. The second-order valence-corrected chi connectivity index (χ2v) is 13.4. The molecule has 0 bridgehead atoms. The Morgan fingerprint density at radius 3 is 2.10 bits per heavy atom. The Morgan fingerprint density at radius 2 is 1.58 bits per heavy atom. The first-order chi connectivity index (χ1) is 23.1. The molecule has 1 aliphatic carbocycles. The van der Waals surface area contributed by atoms with E-state index >= 15 is 0 Å². The van der Waals surface area contributed by atoms with Crippen molar-refractivity contribution in [3.63, 3.8) is 0 Å². The lowest BCUT2D eigenvalue weighted by Crippen LogP contribution is -2.35. The Morgan fingerprint density at radius 1 is 0.960 bits per heavy atom. The highest BCUT2D eigenvalue weighted by molar-refractivity contribution is 7.90. The van der Waals surface area contributed by atoms with Gasteiger partial charge in [-0.2, -0.15) is 13.2 Å². The second kappa shape index (κ2) is 15.8. The molecule has 0 heterocycles. The number of nitro groups is 1. The number of esters is 1. The predicted octanol–water partition coefficient (Wildman–Crippen LogP) is 6.55. The van der Waals surface area contributed by atoms with E-state index in [9.17, 15) is 55.7 Å². The van der Waals surface area contributed by atoms with Gasteiger partial charge < -0.3 is 14.6 Å². The van der Waals surface area contributed by atoms with E-state index in [4.69, 9.17) is 37.8 Å². The molecule has 0 spiro atoms. The van der Waals surface area contributed by atoms with E-state index in [2.05, 4.69) is 0 Å². The van der Waals surface area contributed by atoms with Crippen LogP contribution in [0.3, 0.4) is 0 Å². The normalized spacial score (nSPS) is 14.2. The Kier molecular flexibility index (Phi) is 12.5. The minimum Gasteiger partial charge on any atom is -0.479 e. The summed E-state index contributed by atoms with van der Waals surface area (Å²) in [7, 11) is -3.70. The third-order valence-electron chi connectivity index (χ3n) is 6.89. The summed E-state index contributed by atoms with van der Waals surface area (Å²) in [5.41, 5.74) is -2.28. The maximum absolute atomic E-state index is 12.7. The fourth-order valence-corrected chi connectivity index (χ4v) is 5.39. The number of carbonyl (C=O) groups is 5. The summed E-state index contributed by atoms with van der Waals surface area (Å²) in [5, 5.41) is 19.6. The number of carbonyl (C=O) groups excluding carboxylic acids is 4. The van der Waals surface area contributed by atoms with E-state index < -0.39 is 79.1 Å². The number of ether oxygens (including phenoxy) is 2. The molecule has 1 atom stereocenters. The number of Topliss-reactive ketones (excluding diaryl/α,β-unsaturated/α-hetero) is 3. The van der Waals surface area contributed by atoms with Crippen molar-refractivity contribution >= 4 is 68.0 Å². The molecule has 1 N–H and O–H groups in total. The van der Waals surface area contributed by atoms with Gasteiger partial charge in [0.15, 0.2) is 33.3 Å². The topological polar surface area (TPSA) is 201 Å². The second-order valence-electron chi connectivity index (χ2n) is 10.6. The Balaban J connectivity index is 0.000000274. The first kappa shape index (κ1) is 39.6. The van der Waals surface area contributed by atoms with Crippen LogP contribution in [0, 0.1) is 16.0 Å². The number of nitrogens with zero attached hydrogens (tertiary/aromatic N) is 1. The van der Waals surface area contributed by atoms with Gasteiger partial charge >= 0.3 is 18.1 Å². The third-order valence-corrected chi connectivity index (χ3v) is 8.62. The van der Waals surface area contributed by atoms with Gasteiger partial charge in [0, 0.05) is 25.2 Å². The molecule has 0 aliphatic heterocycles. The number of carboxylic acid groups (broad SMARTS) is 1. The van der Waals surface area contributed by atoms with E-state index in [1.54, 1.807) is 0 Å². The van der Waals surface area contributed by atoms with Crippen molar-refractivity contribution in [2.24, 2.45) is 5.92 Å². The van der Waals surface area contributed by atoms with Crippen LogP contribution in [0.2, 0.25) is 10.0 Å². The van der Waals surface area contributed by atoms with Crippen LogP contribution in [0.5, 0.6) is 11.5 Å². The minimum atomic E-state index is -4.56. The molecular formula is C31H24Cl2F3NO12S. The third kappa shape index (κ3) is 9.86. The van der Waals surface area contributed by atoms with Crippen LogP contribution in [0.15, 0.2) is 59.5 Å². The molecule has 3 aromatic carbocycles. The zero-order valence-electron chi connectivity index (χ0n) is 25.7. The lowest BCUT2D eigenvalue weighted by molar-refractivity contribution is -0.385. The zero-order valence-corrected chi connectivity index (χ0v) is 28.0. The summed E-state index contributed by atoms with van der Waals surface area (Å²) in [4.78, 5) is 68.8. The average molecular weight is 762 g/mol. The standard InChI is InChI=1S/C17H11Cl2F3O5.C14H13NO7S/c1-8(15(23)24)26-16(25)11-7-10(3-4-12(11)18)27-14-5-2-9(6-13(14)19)17(20,21)22;1-23(21,22)8-5-6-9(10(7-8)15(19)20)14(18)13-11(16)3-2-4-12(13)17/h2-8H,1H3,(H,23,24);5-7,13H,2-4H2,1H3/t8-;/m0./s1. The molecule has 0 aromatic heterocycles. The number of ketones is 3. The minimum absolute atomic E-state index is 0.0246.